The van der Waals surface area contributed by atoms with E-state index >= 15 is 0 Å². The number of hydrogen-bond acceptors (Lipinski definition) is 4. The molecule has 0 saturated heterocycles. The van der Waals surface area contributed by atoms with Crippen LogP contribution in [0.4, 0.5) is 0 Å². The first kappa shape index (κ1) is 35.2. The van der Waals surface area contributed by atoms with Crippen LogP contribution in [0.1, 0.15) is 0 Å². The van der Waals surface area contributed by atoms with Gasteiger partial charge >= 0.3 is 0 Å². The second-order valence-corrected chi connectivity index (χ2v) is 16.0. The minimum Gasteiger partial charge on any atom is -0.455 e. The first-order chi connectivity index (χ1) is 31.2. The highest BCUT2D eigenvalue weighted by molar-refractivity contribution is 6.13. The number of hydrogen-bond donors (Lipinski definition) is 0. The molecule has 9 aromatic carbocycles. The molecule has 6 heteroatoms. The Morgan fingerprint density at radius 2 is 0.794 bits per heavy atom. The van der Waals surface area contributed by atoms with Gasteiger partial charge in [0.15, 0.2) is 17.5 Å². The highest BCUT2D eigenvalue weighted by atomic mass is 16.3. The highest BCUT2D eigenvalue weighted by Gasteiger charge is 2.22. The Hall–Kier alpha value is -8.61. The largest absolute Gasteiger partial charge is 0.455 e. The number of aromatic nitrogens is 5. The minimum atomic E-state index is 0.580. The Bertz CT molecular complexity index is 3820. The molecule has 0 atom stereocenters. The van der Waals surface area contributed by atoms with Crippen molar-refractivity contribution in [3.63, 3.8) is 0 Å². The molecule has 0 radical (unpaired) electrons. The SMILES string of the molecule is c1ccc(-c2nc(-c3cccc(-n4c5ccccc5c5ccccc54)c3)nc(-c3ccc(-c4cccc5c4oc4ccccc45)c(-n4c5ccccc5c5ccccc54)c3)n2)cc1. The van der Waals surface area contributed by atoms with Crippen molar-refractivity contribution in [3.8, 4) is 56.7 Å². The molecule has 0 N–H and O–H groups in total. The van der Waals surface area contributed by atoms with Gasteiger partial charge in [-0.05, 0) is 48.5 Å². The van der Waals surface area contributed by atoms with E-state index in [-0.39, 0.29) is 0 Å². The van der Waals surface area contributed by atoms with Crippen LogP contribution in [-0.4, -0.2) is 24.1 Å². The Morgan fingerprint density at radius 1 is 0.317 bits per heavy atom. The fourth-order valence-corrected chi connectivity index (χ4v) is 9.56. The molecule has 4 aromatic heterocycles. The molecular formula is C57H35N5O. The molecule has 4 heterocycles. The molecular weight excluding hydrogens is 771 g/mol. The van der Waals surface area contributed by atoms with Crippen LogP contribution in [0.5, 0.6) is 0 Å². The number of fused-ring (bicyclic) bond motifs is 9. The Kier molecular flexibility index (Phi) is 7.80. The van der Waals surface area contributed by atoms with Crippen molar-refractivity contribution in [2.45, 2.75) is 0 Å². The first-order valence-corrected chi connectivity index (χ1v) is 21.2. The number of nitrogens with zero attached hydrogens (tertiary/aromatic N) is 5. The normalized spacial score (nSPS) is 11.8. The summed E-state index contributed by atoms with van der Waals surface area (Å²) >= 11 is 0. The third kappa shape index (κ3) is 5.55. The molecule has 63 heavy (non-hydrogen) atoms. The topological polar surface area (TPSA) is 61.7 Å². The molecule has 0 amide bonds. The van der Waals surface area contributed by atoms with Crippen LogP contribution in [0.3, 0.4) is 0 Å². The van der Waals surface area contributed by atoms with Gasteiger partial charge in [0.25, 0.3) is 0 Å². The monoisotopic (exact) mass is 805 g/mol. The number of benzene rings is 9. The van der Waals surface area contributed by atoms with E-state index in [0.29, 0.717) is 17.5 Å². The summed E-state index contributed by atoms with van der Waals surface area (Å²) in [5.41, 5.74) is 13.0. The zero-order chi connectivity index (χ0) is 41.4. The second kappa shape index (κ2) is 14.0. The Morgan fingerprint density at radius 3 is 1.43 bits per heavy atom. The van der Waals surface area contributed by atoms with Gasteiger partial charge in [0.05, 0.1) is 27.8 Å². The van der Waals surface area contributed by atoms with Crippen molar-refractivity contribution in [1.82, 2.24) is 24.1 Å². The zero-order valence-electron chi connectivity index (χ0n) is 33.9. The lowest BCUT2D eigenvalue weighted by Crippen LogP contribution is -2.03. The van der Waals surface area contributed by atoms with E-state index in [4.69, 9.17) is 19.4 Å². The van der Waals surface area contributed by atoms with E-state index in [1.54, 1.807) is 0 Å². The fourth-order valence-electron chi connectivity index (χ4n) is 9.56. The van der Waals surface area contributed by atoms with Crippen molar-refractivity contribution in [1.29, 1.82) is 0 Å². The quantitative estimate of drug-likeness (QED) is 0.168. The number of para-hydroxylation sites is 6. The Balaban J connectivity index is 1.05. The van der Waals surface area contributed by atoms with Gasteiger partial charge in [-0.2, -0.15) is 0 Å². The smallest absolute Gasteiger partial charge is 0.164 e. The highest BCUT2D eigenvalue weighted by Crippen LogP contribution is 2.42. The molecule has 13 aromatic rings. The summed E-state index contributed by atoms with van der Waals surface area (Å²) in [6.45, 7) is 0. The van der Waals surface area contributed by atoms with Crippen molar-refractivity contribution in [2.75, 3.05) is 0 Å². The zero-order valence-corrected chi connectivity index (χ0v) is 33.9. The summed E-state index contributed by atoms with van der Waals surface area (Å²) in [7, 11) is 0. The van der Waals surface area contributed by atoms with Crippen LogP contribution in [0.2, 0.25) is 0 Å². The van der Waals surface area contributed by atoms with E-state index in [0.717, 1.165) is 83.2 Å². The lowest BCUT2D eigenvalue weighted by atomic mass is 9.98. The lowest BCUT2D eigenvalue weighted by molar-refractivity contribution is 0.670. The number of furan rings is 1. The summed E-state index contributed by atoms with van der Waals surface area (Å²) in [4.78, 5) is 15.7. The molecule has 0 aliphatic carbocycles. The molecule has 0 bridgehead atoms. The van der Waals surface area contributed by atoms with E-state index < -0.39 is 0 Å². The average Bonchev–Trinajstić information content (AvgIpc) is 4.02. The van der Waals surface area contributed by atoms with Crippen molar-refractivity contribution in [2.24, 2.45) is 0 Å². The third-order valence-electron chi connectivity index (χ3n) is 12.4. The molecule has 0 aliphatic rings. The average molecular weight is 806 g/mol. The van der Waals surface area contributed by atoms with Crippen molar-refractivity contribution < 1.29 is 4.42 Å². The van der Waals surface area contributed by atoms with E-state index in [9.17, 15) is 0 Å². The predicted octanol–water partition coefficient (Wildman–Crippen LogP) is 14.6. The van der Waals surface area contributed by atoms with Crippen LogP contribution in [0.15, 0.2) is 217 Å². The van der Waals surface area contributed by atoms with Crippen molar-refractivity contribution >= 4 is 65.6 Å². The van der Waals surface area contributed by atoms with E-state index in [1.165, 1.54) is 21.5 Å². The van der Waals surface area contributed by atoms with Gasteiger partial charge in [-0.3, -0.25) is 0 Å². The summed E-state index contributed by atoms with van der Waals surface area (Å²) in [6.07, 6.45) is 0. The van der Waals surface area contributed by atoms with Gasteiger partial charge in [0, 0.05) is 65.8 Å². The lowest BCUT2D eigenvalue weighted by Gasteiger charge is -2.16. The van der Waals surface area contributed by atoms with Crippen molar-refractivity contribution in [3.05, 3.63) is 212 Å². The fraction of sp³-hybridized carbons (Fsp3) is 0. The molecule has 0 fully saturated rings. The first-order valence-electron chi connectivity index (χ1n) is 21.2. The van der Waals surface area contributed by atoms with Crippen LogP contribution >= 0.6 is 0 Å². The third-order valence-corrected chi connectivity index (χ3v) is 12.4. The summed E-state index contributed by atoms with van der Waals surface area (Å²) < 4.78 is 11.4. The summed E-state index contributed by atoms with van der Waals surface area (Å²) in [6, 6.07) is 74.4. The second-order valence-electron chi connectivity index (χ2n) is 16.0. The van der Waals surface area contributed by atoms with Gasteiger partial charge in [0.1, 0.15) is 11.2 Å². The predicted molar refractivity (Wildman–Crippen MR) is 258 cm³/mol. The van der Waals surface area contributed by atoms with E-state index in [1.807, 2.05) is 30.3 Å². The van der Waals surface area contributed by atoms with Crippen LogP contribution in [0, 0.1) is 0 Å². The molecule has 0 saturated carbocycles. The van der Waals surface area contributed by atoms with Crippen LogP contribution in [0.25, 0.3) is 122 Å². The molecule has 0 spiro atoms. The molecule has 0 aliphatic heterocycles. The van der Waals surface area contributed by atoms with E-state index in [2.05, 4.69) is 191 Å². The summed E-state index contributed by atoms with van der Waals surface area (Å²) in [5.74, 6) is 1.78. The van der Waals surface area contributed by atoms with Gasteiger partial charge in [-0.1, -0.05) is 164 Å². The maximum Gasteiger partial charge on any atom is 0.164 e. The van der Waals surface area contributed by atoms with Crippen LogP contribution < -0.4 is 0 Å². The van der Waals surface area contributed by atoms with Gasteiger partial charge in [-0.15, -0.1) is 0 Å². The van der Waals surface area contributed by atoms with Gasteiger partial charge < -0.3 is 13.6 Å². The maximum atomic E-state index is 6.67. The van der Waals surface area contributed by atoms with Crippen LogP contribution in [-0.2, 0) is 0 Å². The molecule has 13 rings (SSSR count). The Labute approximate surface area is 361 Å². The molecule has 6 nitrogen and oxygen atoms in total. The molecule has 294 valence electrons. The van der Waals surface area contributed by atoms with Gasteiger partial charge in [-0.25, -0.2) is 15.0 Å². The summed E-state index contributed by atoms with van der Waals surface area (Å²) in [5, 5.41) is 6.97. The minimum absolute atomic E-state index is 0.580. The number of rotatable bonds is 6. The standard InChI is InChI=1S/C57H35N5O/c1-2-16-36(17-3-1)55-58-56(37-18-14-19-39(34-37)61-48-27-9-4-20-40(48)41-21-5-10-28-49(41)61)60-57(59-55)38-32-33-44(46-25-15-26-47-45-24-8-13-31-53(45)63-54(46)47)52(35-38)62-50-29-11-6-22-42(50)43-23-7-12-30-51(43)62/h1-35H. The van der Waals surface area contributed by atoms with Gasteiger partial charge in [0.2, 0.25) is 0 Å². The maximum absolute atomic E-state index is 6.67. The molecule has 0 unspecified atom stereocenters.